The highest BCUT2D eigenvalue weighted by atomic mass is 19.1. The zero-order valence-electron chi connectivity index (χ0n) is 17.5. The molecule has 3 atom stereocenters. The summed E-state index contributed by atoms with van der Waals surface area (Å²) >= 11 is 0. The van der Waals surface area contributed by atoms with E-state index in [9.17, 15) is 14.0 Å². The molecule has 0 aliphatic carbocycles. The fraction of sp³-hybridized carbons (Fsp3) is 0.895. The summed E-state index contributed by atoms with van der Waals surface area (Å²) in [7, 11) is 1.64. The van der Waals surface area contributed by atoms with Gasteiger partial charge in [0, 0.05) is 20.0 Å². The number of nitrogens with zero attached hydrogens (tertiary/aromatic N) is 2. The van der Waals surface area contributed by atoms with Crippen LogP contribution in [0.15, 0.2) is 0 Å². The van der Waals surface area contributed by atoms with E-state index in [1.807, 2.05) is 0 Å². The second kappa shape index (κ2) is 7.45. The third-order valence-electron chi connectivity index (χ3n) is 4.78. The Kier molecular flexibility index (Phi) is 5.99. The number of ether oxygens (including phenoxy) is 3. The van der Waals surface area contributed by atoms with Crippen molar-refractivity contribution in [3.8, 4) is 0 Å². The van der Waals surface area contributed by atoms with Gasteiger partial charge in [-0.15, -0.1) is 0 Å². The van der Waals surface area contributed by atoms with Crippen LogP contribution in [0.1, 0.15) is 54.4 Å². The number of alkyl halides is 1. The van der Waals surface area contributed by atoms with Crippen molar-refractivity contribution in [1.82, 2.24) is 9.80 Å². The van der Waals surface area contributed by atoms with Crippen molar-refractivity contribution < 1.29 is 28.2 Å². The number of piperidine rings is 1. The van der Waals surface area contributed by atoms with Crippen LogP contribution in [0.2, 0.25) is 0 Å². The Morgan fingerprint density at radius 2 is 1.74 bits per heavy atom. The lowest BCUT2D eigenvalue weighted by atomic mass is 9.85. The van der Waals surface area contributed by atoms with Crippen LogP contribution in [0.3, 0.4) is 0 Å². The van der Waals surface area contributed by atoms with Gasteiger partial charge in [-0.05, 0) is 48.0 Å². The van der Waals surface area contributed by atoms with E-state index in [2.05, 4.69) is 0 Å². The number of hydrogen-bond donors (Lipinski definition) is 0. The Balaban J connectivity index is 1.95. The molecular weight excluding hydrogens is 355 g/mol. The van der Waals surface area contributed by atoms with Gasteiger partial charge in [0.2, 0.25) is 0 Å². The molecule has 0 radical (unpaired) electrons. The standard InChI is InChI=1S/C19H33FN2O5/c1-17(2,3)26-15(23)21(7)13-10-19(25-12-13)8-9-22(11-14(19)20)16(24)27-18(4,5)6/h13-14H,8-12H2,1-7H3/t13-,14+,19+/m0/s1. The molecule has 0 N–H and O–H groups in total. The Morgan fingerprint density at radius 3 is 2.26 bits per heavy atom. The first-order valence-electron chi connectivity index (χ1n) is 9.44. The summed E-state index contributed by atoms with van der Waals surface area (Å²) in [5, 5.41) is 0. The summed E-state index contributed by atoms with van der Waals surface area (Å²) in [5.41, 5.74) is -2.19. The van der Waals surface area contributed by atoms with Crippen LogP contribution >= 0.6 is 0 Å². The zero-order chi connectivity index (χ0) is 20.6. The summed E-state index contributed by atoms with van der Waals surface area (Å²) in [6, 6.07) is -0.258. The number of hydrogen-bond acceptors (Lipinski definition) is 5. The summed E-state index contributed by atoms with van der Waals surface area (Å²) in [6.07, 6.45) is -1.55. The van der Waals surface area contributed by atoms with Gasteiger partial charge in [-0.2, -0.15) is 0 Å². The van der Waals surface area contributed by atoms with Crippen LogP contribution in [0.25, 0.3) is 0 Å². The minimum atomic E-state index is -1.34. The number of likely N-dealkylation sites (N-methyl/N-ethyl adjacent to an activating group) is 1. The van der Waals surface area contributed by atoms with Crippen molar-refractivity contribution in [1.29, 1.82) is 0 Å². The predicted molar refractivity (Wildman–Crippen MR) is 98.4 cm³/mol. The highest BCUT2D eigenvalue weighted by Crippen LogP contribution is 2.39. The fourth-order valence-electron chi connectivity index (χ4n) is 3.33. The molecule has 0 aromatic carbocycles. The van der Waals surface area contributed by atoms with E-state index in [-0.39, 0.29) is 19.2 Å². The van der Waals surface area contributed by atoms with Gasteiger partial charge in [0.15, 0.2) is 0 Å². The lowest BCUT2D eigenvalue weighted by Gasteiger charge is -2.41. The molecule has 0 bridgehead atoms. The first-order chi connectivity index (χ1) is 12.2. The lowest BCUT2D eigenvalue weighted by molar-refractivity contribution is -0.0982. The van der Waals surface area contributed by atoms with E-state index in [0.717, 1.165) is 0 Å². The number of carbonyl (C=O) groups excluding carboxylic acids is 2. The van der Waals surface area contributed by atoms with E-state index in [1.54, 1.807) is 48.6 Å². The monoisotopic (exact) mass is 388 g/mol. The maximum Gasteiger partial charge on any atom is 0.410 e. The van der Waals surface area contributed by atoms with E-state index >= 15 is 0 Å². The first-order valence-corrected chi connectivity index (χ1v) is 9.44. The maximum atomic E-state index is 15.0. The maximum absolute atomic E-state index is 15.0. The van der Waals surface area contributed by atoms with Gasteiger partial charge in [0.1, 0.15) is 23.0 Å². The third kappa shape index (κ3) is 5.46. The Morgan fingerprint density at radius 1 is 1.15 bits per heavy atom. The Hall–Kier alpha value is -1.57. The van der Waals surface area contributed by atoms with Crippen molar-refractivity contribution in [3.05, 3.63) is 0 Å². The molecule has 2 heterocycles. The van der Waals surface area contributed by atoms with Gasteiger partial charge in [-0.1, -0.05) is 0 Å². The number of likely N-dealkylation sites (tertiary alicyclic amines) is 1. The number of rotatable bonds is 1. The molecule has 2 fully saturated rings. The van der Waals surface area contributed by atoms with Crippen LogP contribution < -0.4 is 0 Å². The van der Waals surface area contributed by atoms with E-state index in [4.69, 9.17) is 14.2 Å². The molecule has 0 aromatic heterocycles. The second-order valence-electron chi connectivity index (χ2n) is 9.47. The number of carbonyl (C=O) groups is 2. The fourth-order valence-corrected chi connectivity index (χ4v) is 3.33. The highest BCUT2D eigenvalue weighted by molar-refractivity contribution is 5.69. The quantitative estimate of drug-likeness (QED) is 0.689. The molecule has 0 unspecified atom stereocenters. The highest BCUT2D eigenvalue weighted by Gasteiger charge is 2.52. The molecule has 156 valence electrons. The van der Waals surface area contributed by atoms with Gasteiger partial charge in [0.25, 0.3) is 0 Å². The average Bonchev–Trinajstić information content (AvgIpc) is 2.91. The van der Waals surface area contributed by atoms with Gasteiger partial charge < -0.3 is 24.0 Å². The topological polar surface area (TPSA) is 68.3 Å². The van der Waals surface area contributed by atoms with Crippen LogP contribution in [0.4, 0.5) is 14.0 Å². The largest absolute Gasteiger partial charge is 0.444 e. The van der Waals surface area contributed by atoms with Gasteiger partial charge in [-0.25, -0.2) is 14.0 Å². The summed E-state index contributed by atoms with van der Waals surface area (Å²) < 4.78 is 31.5. The van der Waals surface area contributed by atoms with Gasteiger partial charge >= 0.3 is 12.2 Å². The number of amides is 2. The minimum absolute atomic E-state index is 0.0716. The number of halogens is 1. The van der Waals surface area contributed by atoms with Gasteiger partial charge in [-0.3, -0.25) is 0 Å². The van der Waals surface area contributed by atoms with Crippen molar-refractivity contribution in [2.75, 3.05) is 26.7 Å². The van der Waals surface area contributed by atoms with Crippen LogP contribution in [0.5, 0.6) is 0 Å². The Bertz CT molecular complexity index is 571. The molecule has 2 rings (SSSR count). The molecule has 2 aliphatic rings. The zero-order valence-corrected chi connectivity index (χ0v) is 17.5. The van der Waals surface area contributed by atoms with Crippen LogP contribution in [0, 0.1) is 0 Å². The predicted octanol–water partition coefficient (Wildman–Crippen LogP) is 3.36. The summed E-state index contributed by atoms with van der Waals surface area (Å²) in [5.74, 6) is 0. The molecule has 0 aromatic rings. The molecule has 7 nitrogen and oxygen atoms in total. The van der Waals surface area contributed by atoms with E-state index in [0.29, 0.717) is 19.4 Å². The molecule has 2 saturated heterocycles. The molecular formula is C19H33FN2O5. The van der Waals surface area contributed by atoms with Crippen molar-refractivity contribution in [2.45, 2.75) is 83.4 Å². The first kappa shape index (κ1) is 21.7. The van der Waals surface area contributed by atoms with E-state index < -0.39 is 35.2 Å². The van der Waals surface area contributed by atoms with E-state index in [1.165, 1.54) is 9.80 Å². The smallest absolute Gasteiger partial charge is 0.410 e. The lowest BCUT2D eigenvalue weighted by Crippen LogP contribution is -2.56. The van der Waals surface area contributed by atoms with Crippen LogP contribution in [-0.2, 0) is 14.2 Å². The van der Waals surface area contributed by atoms with Crippen molar-refractivity contribution in [3.63, 3.8) is 0 Å². The minimum Gasteiger partial charge on any atom is -0.444 e. The van der Waals surface area contributed by atoms with Gasteiger partial charge in [0.05, 0.1) is 19.2 Å². The molecule has 27 heavy (non-hydrogen) atoms. The Labute approximate surface area is 161 Å². The SMILES string of the molecule is CN(C(=O)OC(C)(C)C)[C@@H]1CO[C@]2(CCN(C(=O)OC(C)(C)C)C[C@H]2F)C1. The molecule has 8 heteroatoms. The third-order valence-corrected chi connectivity index (χ3v) is 4.78. The molecule has 0 saturated carbocycles. The normalized spacial score (nSPS) is 29.0. The summed E-state index contributed by atoms with van der Waals surface area (Å²) in [6.45, 7) is 11.3. The molecule has 2 aliphatic heterocycles. The summed E-state index contributed by atoms with van der Waals surface area (Å²) in [4.78, 5) is 27.3. The second-order valence-corrected chi connectivity index (χ2v) is 9.47. The van der Waals surface area contributed by atoms with Crippen molar-refractivity contribution >= 4 is 12.2 Å². The molecule has 1 spiro atoms. The van der Waals surface area contributed by atoms with Crippen molar-refractivity contribution in [2.24, 2.45) is 0 Å². The van der Waals surface area contributed by atoms with Crippen LogP contribution in [-0.4, -0.2) is 77.7 Å². The molecule has 2 amide bonds. The average molecular weight is 388 g/mol.